The Kier molecular flexibility index (Phi) is 4.31. The summed E-state index contributed by atoms with van der Waals surface area (Å²) in [6.07, 6.45) is 1.83. The van der Waals surface area contributed by atoms with Crippen molar-refractivity contribution >= 4 is 21.4 Å². The predicted molar refractivity (Wildman–Crippen MR) is 75.2 cm³/mol. The monoisotopic (exact) mass is 297 g/mol. The van der Waals surface area contributed by atoms with Crippen LogP contribution in [0.25, 0.3) is 0 Å². The fourth-order valence-electron chi connectivity index (χ4n) is 1.65. The van der Waals surface area contributed by atoms with E-state index >= 15 is 0 Å². The van der Waals surface area contributed by atoms with E-state index in [1.807, 2.05) is 13.1 Å². The first-order chi connectivity index (χ1) is 8.97. The molecule has 0 saturated carbocycles. The first-order valence-corrected chi connectivity index (χ1v) is 8.13. The summed E-state index contributed by atoms with van der Waals surface area (Å²) in [5.74, 6) is 0. The molecule has 0 amide bonds. The van der Waals surface area contributed by atoms with Crippen LogP contribution in [-0.4, -0.2) is 13.4 Å². The number of hydrogen-bond acceptors (Lipinski definition) is 5. The summed E-state index contributed by atoms with van der Waals surface area (Å²) in [6, 6.07) is 6.70. The van der Waals surface area contributed by atoms with E-state index in [-0.39, 0.29) is 10.9 Å². The third-order valence-corrected chi connectivity index (χ3v) is 4.48. The number of nitrogens with two attached hydrogens (primary N) is 1. The first-order valence-electron chi connectivity index (χ1n) is 5.70. The Balaban J connectivity index is 2.01. The third kappa shape index (κ3) is 3.84. The van der Waals surface area contributed by atoms with Gasteiger partial charge in [0.2, 0.25) is 10.0 Å². The highest BCUT2D eigenvalue weighted by atomic mass is 32.2. The molecule has 1 atom stereocenters. The number of benzene rings is 1. The largest absolute Gasteiger partial charge is 0.305 e. The molecule has 1 aromatic carbocycles. The lowest BCUT2D eigenvalue weighted by Gasteiger charge is -2.13. The highest BCUT2D eigenvalue weighted by Gasteiger charge is 2.09. The van der Waals surface area contributed by atoms with E-state index in [2.05, 4.69) is 10.3 Å². The number of rotatable bonds is 5. The van der Waals surface area contributed by atoms with Crippen LogP contribution >= 0.6 is 11.3 Å². The van der Waals surface area contributed by atoms with E-state index in [0.29, 0.717) is 0 Å². The van der Waals surface area contributed by atoms with Gasteiger partial charge < -0.3 is 5.32 Å². The zero-order valence-corrected chi connectivity index (χ0v) is 12.0. The summed E-state index contributed by atoms with van der Waals surface area (Å²) in [5.41, 5.74) is 2.81. The maximum Gasteiger partial charge on any atom is 0.238 e. The molecule has 0 aliphatic rings. The van der Waals surface area contributed by atoms with Crippen LogP contribution < -0.4 is 10.5 Å². The number of primary sulfonamides is 1. The van der Waals surface area contributed by atoms with Gasteiger partial charge in [-0.3, -0.25) is 4.98 Å². The maximum absolute atomic E-state index is 11.2. The average Bonchev–Trinajstić information content (AvgIpc) is 2.88. The number of nitrogens with zero attached hydrogens (tertiary/aromatic N) is 1. The molecule has 102 valence electrons. The minimum absolute atomic E-state index is 0.122. The summed E-state index contributed by atoms with van der Waals surface area (Å²) in [7, 11) is -3.62. The quantitative estimate of drug-likeness (QED) is 0.878. The van der Waals surface area contributed by atoms with E-state index < -0.39 is 10.0 Å². The van der Waals surface area contributed by atoms with Crippen molar-refractivity contribution in [3.8, 4) is 0 Å². The van der Waals surface area contributed by atoms with Gasteiger partial charge in [-0.2, -0.15) is 0 Å². The molecule has 3 N–H and O–H groups in total. The van der Waals surface area contributed by atoms with Crippen LogP contribution in [0.1, 0.15) is 23.4 Å². The van der Waals surface area contributed by atoms with Crippen LogP contribution in [0.5, 0.6) is 0 Å². The molecule has 0 aliphatic carbocycles. The summed E-state index contributed by atoms with van der Waals surface area (Å²) in [6.45, 7) is 2.76. The van der Waals surface area contributed by atoms with E-state index in [0.717, 1.165) is 17.0 Å². The van der Waals surface area contributed by atoms with Crippen molar-refractivity contribution in [2.75, 3.05) is 0 Å². The van der Waals surface area contributed by atoms with Gasteiger partial charge in [0, 0.05) is 23.7 Å². The highest BCUT2D eigenvalue weighted by molar-refractivity contribution is 7.89. The van der Waals surface area contributed by atoms with Gasteiger partial charge in [-0.1, -0.05) is 12.1 Å². The van der Waals surface area contributed by atoms with Gasteiger partial charge in [0.05, 0.1) is 10.4 Å². The molecule has 2 aromatic rings. The Bertz CT molecular complexity index is 622. The predicted octanol–water partition coefficient (Wildman–Crippen LogP) is 1.64. The van der Waals surface area contributed by atoms with Crippen molar-refractivity contribution in [1.29, 1.82) is 0 Å². The SMILES string of the molecule is CC(NCc1cncs1)c1ccc(S(N)(=O)=O)cc1. The molecule has 0 aliphatic heterocycles. The molecule has 0 saturated heterocycles. The molecule has 19 heavy (non-hydrogen) atoms. The second-order valence-corrected chi connectivity index (χ2v) is 6.72. The number of nitrogens with one attached hydrogen (secondary N) is 1. The molecule has 5 nitrogen and oxygen atoms in total. The molecule has 1 unspecified atom stereocenters. The van der Waals surface area contributed by atoms with Crippen molar-refractivity contribution < 1.29 is 8.42 Å². The van der Waals surface area contributed by atoms with Gasteiger partial charge in [0.1, 0.15) is 0 Å². The smallest absolute Gasteiger partial charge is 0.238 e. The van der Waals surface area contributed by atoms with Gasteiger partial charge in [0.25, 0.3) is 0 Å². The number of aromatic nitrogens is 1. The molecule has 0 spiro atoms. The Hall–Kier alpha value is -1.28. The summed E-state index contributed by atoms with van der Waals surface area (Å²) in [5, 5.41) is 8.41. The van der Waals surface area contributed by atoms with Crippen LogP contribution in [0, 0.1) is 0 Å². The molecule has 0 bridgehead atoms. The van der Waals surface area contributed by atoms with Crippen molar-refractivity contribution in [2.24, 2.45) is 5.14 Å². The van der Waals surface area contributed by atoms with Gasteiger partial charge in [0.15, 0.2) is 0 Å². The van der Waals surface area contributed by atoms with Gasteiger partial charge in [-0.05, 0) is 24.6 Å². The van der Waals surface area contributed by atoms with Gasteiger partial charge in [-0.25, -0.2) is 13.6 Å². The number of sulfonamides is 1. The molecule has 7 heteroatoms. The van der Waals surface area contributed by atoms with Crippen molar-refractivity contribution in [2.45, 2.75) is 24.4 Å². The zero-order chi connectivity index (χ0) is 13.9. The van der Waals surface area contributed by atoms with Crippen LogP contribution in [0.15, 0.2) is 40.9 Å². The minimum Gasteiger partial charge on any atom is -0.305 e. The molecule has 2 rings (SSSR count). The molecular weight excluding hydrogens is 282 g/mol. The number of hydrogen-bond donors (Lipinski definition) is 2. The summed E-state index contributed by atoms with van der Waals surface area (Å²) >= 11 is 1.60. The Labute approximate surface area is 116 Å². The van der Waals surface area contributed by atoms with Crippen molar-refractivity contribution in [3.63, 3.8) is 0 Å². The van der Waals surface area contributed by atoms with Crippen molar-refractivity contribution in [3.05, 3.63) is 46.4 Å². The standard InChI is InChI=1S/C12H15N3O2S2/c1-9(15-7-11-6-14-8-18-11)10-2-4-12(5-3-10)19(13,16)17/h2-6,8-9,15H,7H2,1H3,(H2,13,16,17). The Morgan fingerprint density at radius 2 is 2.05 bits per heavy atom. The Morgan fingerprint density at radius 1 is 1.37 bits per heavy atom. The van der Waals surface area contributed by atoms with Gasteiger partial charge in [-0.15, -0.1) is 11.3 Å². The second kappa shape index (κ2) is 5.79. The molecular formula is C12H15N3O2S2. The maximum atomic E-state index is 11.2. The van der Waals surface area contributed by atoms with E-state index in [1.54, 1.807) is 29.0 Å². The fraction of sp³-hybridized carbons (Fsp3) is 0.250. The summed E-state index contributed by atoms with van der Waals surface area (Å²) < 4.78 is 22.3. The normalized spacial score (nSPS) is 13.4. The number of thiazole rings is 1. The van der Waals surface area contributed by atoms with Crippen molar-refractivity contribution in [1.82, 2.24) is 10.3 Å². The van der Waals surface area contributed by atoms with Crippen LogP contribution in [0.4, 0.5) is 0 Å². The topological polar surface area (TPSA) is 85.1 Å². The summed E-state index contributed by atoms with van der Waals surface area (Å²) in [4.78, 5) is 5.30. The average molecular weight is 297 g/mol. The first kappa shape index (κ1) is 14.1. The molecule has 1 aromatic heterocycles. The van der Waals surface area contributed by atoms with Crippen LogP contribution in [0.2, 0.25) is 0 Å². The van der Waals surface area contributed by atoms with E-state index in [4.69, 9.17) is 5.14 Å². The highest BCUT2D eigenvalue weighted by Crippen LogP contribution is 2.16. The minimum atomic E-state index is -3.62. The van der Waals surface area contributed by atoms with E-state index in [9.17, 15) is 8.42 Å². The van der Waals surface area contributed by atoms with Crippen LogP contribution in [0.3, 0.4) is 0 Å². The third-order valence-electron chi connectivity index (χ3n) is 2.77. The lowest BCUT2D eigenvalue weighted by Crippen LogP contribution is -2.18. The molecule has 1 heterocycles. The lowest BCUT2D eigenvalue weighted by atomic mass is 10.1. The Morgan fingerprint density at radius 3 is 2.58 bits per heavy atom. The van der Waals surface area contributed by atoms with Crippen LogP contribution in [-0.2, 0) is 16.6 Å². The molecule has 0 radical (unpaired) electrons. The van der Waals surface area contributed by atoms with E-state index in [1.165, 1.54) is 12.1 Å². The zero-order valence-electron chi connectivity index (χ0n) is 10.4. The van der Waals surface area contributed by atoms with Gasteiger partial charge >= 0.3 is 0 Å². The fourth-order valence-corrected chi connectivity index (χ4v) is 2.71. The molecule has 0 fully saturated rings. The second-order valence-electron chi connectivity index (χ2n) is 4.18. The lowest BCUT2D eigenvalue weighted by molar-refractivity contribution is 0.577.